The fraction of sp³-hybridized carbons (Fsp3) is 0.481. The smallest absolute Gasteiger partial charge is 0.303 e. The monoisotopic (exact) mass is 510 g/mol. The number of likely N-dealkylation sites (tertiary alicyclic amines) is 1. The van der Waals surface area contributed by atoms with Crippen molar-refractivity contribution >= 4 is 28.6 Å². The Labute approximate surface area is 216 Å². The van der Waals surface area contributed by atoms with Gasteiger partial charge in [0.2, 0.25) is 0 Å². The molecule has 8 nitrogen and oxygen atoms in total. The number of aliphatic carboxylic acids is 1. The summed E-state index contributed by atoms with van der Waals surface area (Å²) in [6.45, 7) is 2.82. The van der Waals surface area contributed by atoms with E-state index in [9.17, 15) is 15.0 Å². The number of benzene rings is 1. The van der Waals surface area contributed by atoms with Crippen molar-refractivity contribution in [3.63, 3.8) is 0 Å². The minimum absolute atomic E-state index is 0.181. The van der Waals surface area contributed by atoms with Crippen LogP contribution in [-0.4, -0.2) is 68.5 Å². The Hall–Kier alpha value is -2.75. The Morgan fingerprint density at radius 2 is 2.08 bits per heavy atom. The molecule has 0 amide bonds. The Kier molecular flexibility index (Phi) is 9.49. The van der Waals surface area contributed by atoms with Gasteiger partial charge in [-0.1, -0.05) is 0 Å². The van der Waals surface area contributed by atoms with Gasteiger partial charge in [0, 0.05) is 49.2 Å². The van der Waals surface area contributed by atoms with Crippen LogP contribution in [0.4, 0.5) is 0 Å². The maximum absolute atomic E-state index is 11.3. The lowest BCUT2D eigenvalue weighted by Crippen LogP contribution is -2.41. The lowest BCUT2D eigenvalue weighted by molar-refractivity contribution is -0.137. The fourth-order valence-corrected chi connectivity index (χ4v) is 5.94. The van der Waals surface area contributed by atoms with E-state index in [1.54, 1.807) is 43.7 Å². The van der Waals surface area contributed by atoms with Crippen LogP contribution in [0.25, 0.3) is 10.9 Å². The third kappa shape index (κ3) is 7.15. The van der Waals surface area contributed by atoms with E-state index in [4.69, 9.17) is 4.74 Å². The van der Waals surface area contributed by atoms with Gasteiger partial charge in [-0.25, -0.2) is 4.98 Å². The molecule has 1 aliphatic rings. The van der Waals surface area contributed by atoms with Crippen LogP contribution in [0.5, 0.6) is 5.75 Å². The summed E-state index contributed by atoms with van der Waals surface area (Å²) < 4.78 is 5.37. The summed E-state index contributed by atoms with van der Waals surface area (Å²) in [5.41, 5.74) is 1.69. The average molecular weight is 511 g/mol. The Morgan fingerprint density at radius 3 is 2.86 bits per heavy atom. The summed E-state index contributed by atoms with van der Waals surface area (Å²) in [5, 5.41) is 22.2. The van der Waals surface area contributed by atoms with E-state index >= 15 is 0 Å². The first-order valence-corrected chi connectivity index (χ1v) is 13.5. The second-order valence-electron chi connectivity index (χ2n) is 9.31. The van der Waals surface area contributed by atoms with E-state index in [0.717, 1.165) is 65.5 Å². The largest absolute Gasteiger partial charge is 0.497 e. The predicted octanol–water partition coefficient (Wildman–Crippen LogP) is 4.44. The van der Waals surface area contributed by atoms with E-state index < -0.39 is 12.1 Å². The zero-order chi connectivity index (χ0) is 25.3. The van der Waals surface area contributed by atoms with E-state index in [1.807, 2.05) is 24.3 Å². The number of aromatic nitrogens is 3. The molecule has 0 aliphatic carbocycles. The minimum atomic E-state index is -0.749. The maximum Gasteiger partial charge on any atom is 0.303 e. The third-order valence-electron chi connectivity index (χ3n) is 7.05. The molecule has 2 unspecified atom stereocenters. The Bertz CT molecular complexity index is 1130. The highest BCUT2D eigenvalue weighted by molar-refractivity contribution is 7.99. The molecule has 0 spiro atoms. The van der Waals surface area contributed by atoms with Crippen molar-refractivity contribution in [3.05, 3.63) is 54.6 Å². The molecule has 2 aromatic heterocycles. The van der Waals surface area contributed by atoms with Crippen LogP contribution in [0.3, 0.4) is 0 Å². The molecule has 3 aromatic rings. The number of nitrogens with zero attached hydrogens (tertiary/aromatic N) is 4. The molecule has 0 radical (unpaired) electrons. The van der Waals surface area contributed by atoms with Crippen molar-refractivity contribution in [2.24, 2.45) is 11.8 Å². The summed E-state index contributed by atoms with van der Waals surface area (Å²) in [7, 11) is 1.63. The summed E-state index contributed by atoms with van der Waals surface area (Å²) in [4.78, 5) is 26.6. The number of carboxylic acids is 1. The number of carbonyl (C=O) groups is 1. The summed E-state index contributed by atoms with van der Waals surface area (Å²) in [5.74, 6) is 1.61. The lowest BCUT2D eigenvalue weighted by Gasteiger charge is -2.39. The Balaban J connectivity index is 1.35. The molecule has 1 aliphatic heterocycles. The van der Waals surface area contributed by atoms with Crippen molar-refractivity contribution in [2.75, 3.05) is 32.5 Å². The number of hydrogen-bond donors (Lipinski definition) is 2. The zero-order valence-corrected chi connectivity index (χ0v) is 21.4. The van der Waals surface area contributed by atoms with Gasteiger partial charge in [0.05, 0.1) is 24.9 Å². The van der Waals surface area contributed by atoms with Gasteiger partial charge in [0.1, 0.15) is 10.8 Å². The topological polar surface area (TPSA) is 109 Å². The van der Waals surface area contributed by atoms with Gasteiger partial charge in [-0.3, -0.25) is 14.8 Å². The van der Waals surface area contributed by atoms with Gasteiger partial charge in [-0.2, -0.15) is 0 Å². The SMILES string of the molecule is COc1ccc2nccc([C@@H](O)CCC3CCN(CCSc4cnccn4)CC3CCC(=O)O)c2c1. The van der Waals surface area contributed by atoms with Gasteiger partial charge in [0.15, 0.2) is 0 Å². The lowest BCUT2D eigenvalue weighted by atomic mass is 9.79. The molecular formula is C27H34N4O4S. The number of aliphatic hydroxyl groups excluding tert-OH is 1. The maximum atomic E-state index is 11.3. The molecule has 4 rings (SSSR count). The van der Waals surface area contributed by atoms with Crippen LogP contribution in [0.1, 0.15) is 43.8 Å². The summed E-state index contributed by atoms with van der Waals surface area (Å²) in [6.07, 6.45) is 9.64. The predicted molar refractivity (Wildman–Crippen MR) is 140 cm³/mol. The van der Waals surface area contributed by atoms with Crippen molar-refractivity contribution in [3.8, 4) is 5.75 Å². The molecule has 1 fully saturated rings. The van der Waals surface area contributed by atoms with Gasteiger partial charge in [-0.15, -0.1) is 11.8 Å². The number of hydrogen-bond acceptors (Lipinski definition) is 8. The van der Waals surface area contributed by atoms with Crippen molar-refractivity contribution < 1.29 is 19.7 Å². The summed E-state index contributed by atoms with van der Waals surface area (Å²) in [6, 6.07) is 7.59. The molecule has 3 heterocycles. The van der Waals surface area contributed by atoms with Crippen LogP contribution in [-0.2, 0) is 4.79 Å². The number of carboxylic acid groups (broad SMARTS) is 1. The van der Waals surface area contributed by atoms with E-state index in [-0.39, 0.29) is 6.42 Å². The van der Waals surface area contributed by atoms with Crippen LogP contribution in [0, 0.1) is 11.8 Å². The third-order valence-corrected chi connectivity index (χ3v) is 7.95. The molecular weight excluding hydrogens is 476 g/mol. The van der Waals surface area contributed by atoms with Crippen LogP contribution in [0.15, 0.2) is 54.1 Å². The number of rotatable bonds is 12. The normalized spacial score (nSPS) is 19.3. The number of ether oxygens (including phenoxy) is 1. The molecule has 2 N–H and O–H groups in total. The van der Waals surface area contributed by atoms with Crippen molar-refractivity contribution in [1.29, 1.82) is 0 Å². The van der Waals surface area contributed by atoms with Crippen LogP contribution < -0.4 is 4.74 Å². The van der Waals surface area contributed by atoms with Gasteiger partial charge in [0.25, 0.3) is 0 Å². The number of piperidine rings is 1. The number of pyridine rings is 1. The van der Waals surface area contributed by atoms with Crippen molar-refractivity contribution in [2.45, 2.75) is 43.2 Å². The number of aliphatic hydroxyl groups is 1. The highest BCUT2D eigenvalue weighted by Gasteiger charge is 2.30. The second kappa shape index (κ2) is 13.0. The van der Waals surface area contributed by atoms with Gasteiger partial charge in [-0.05, 0) is 73.9 Å². The van der Waals surface area contributed by atoms with Crippen LogP contribution in [0.2, 0.25) is 0 Å². The number of methoxy groups -OCH3 is 1. The standard InChI is InChI=1S/C27H34N4O4S/c1-35-21-4-5-24-23(16-21)22(8-10-29-24)25(32)6-2-19-9-13-31(18-20(19)3-7-27(33)34)14-15-36-26-17-28-11-12-30-26/h4-5,8,10-12,16-17,19-20,25,32H,2-3,6-7,9,13-15,18H2,1H3,(H,33,34)/t19?,20?,25-/m0/s1. The quantitative estimate of drug-likeness (QED) is 0.342. The van der Waals surface area contributed by atoms with Crippen molar-refractivity contribution in [1.82, 2.24) is 19.9 Å². The molecule has 0 saturated carbocycles. The van der Waals surface area contributed by atoms with Gasteiger partial charge < -0.3 is 19.8 Å². The molecule has 1 aromatic carbocycles. The highest BCUT2D eigenvalue weighted by Crippen LogP contribution is 2.35. The first-order valence-electron chi connectivity index (χ1n) is 12.5. The minimum Gasteiger partial charge on any atom is -0.497 e. The first-order chi connectivity index (χ1) is 17.5. The highest BCUT2D eigenvalue weighted by atomic mass is 32.2. The second-order valence-corrected chi connectivity index (χ2v) is 10.4. The van der Waals surface area contributed by atoms with E-state index in [1.165, 1.54) is 0 Å². The summed E-state index contributed by atoms with van der Waals surface area (Å²) >= 11 is 1.69. The molecule has 9 heteroatoms. The molecule has 36 heavy (non-hydrogen) atoms. The van der Waals surface area contributed by atoms with E-state index in [0.29, 0.717) is 24.7 Å². The number of thioether (sulfide) groups is 1. The molecule has 0 bridgehead atoms. The van der Waals surface area contributed by atoms with E-state index in [2.05, 4.69) is 19.9 Å². The van der Waals surface area contributed by atoms with Crippen LogP contribution >= 0.6 is 11.8 Å². The van der Waals surface area contributed by atoms with Gasteiger partial charge >= 0.3 is 5.97 Å². The average Bonchev–Trinajstić information content (AvgIpc) is 2.91. The zero-order valence-electron chi connectivity index (χ0n) is 20.6. The molecule has 1 saturated heterocycles. The number of fused-ring (bicyclic) bond motifs is 1. The fourth-order valence-electron chi connectivity index (χ4n) is 5.11. The first kappa shape index (κ1) is 26.3. The molecule has 192 valence electrons. The molecule has 3 atom stereocenters. The Morgan fingerprint density at radius 1 is 1.19 bits per heavy atom.